The monoisotopic (exact) mass is 255 g/mol. The molecule has 2 rings (SSSR count). The highest BCUT2D eigenvalue weighted by Gasteiger charge is 2.24. The summed E-state index contributed by atoms with van der Waals surface area (Å²) in [5.74, 6) is 0.534. The van der Waals surface area contributed by atoms with Crippen LogP contribution in [0.5, 0.6) is 0 Å². The van der Waals surface area contributed by atoms with Crippen molar-refractivity contribution >= 4 is 0 Å². The van der Waals surface area contributed by atoms with E-state index >= 15 is 0 Å². The number of hydrogen-bond donors (Lipinski definition) is 1. The SMILES string of the molecule is CC1=CC(Cc2ccccc2)C(C)=C1NC(C)(C)C. The van der Waals surface area contributed by atoms with E-state index in [1.807, 2.05) is 0 Å². The van der Waals surface area contributed by atoms with Gasteiger partial charge in [0.1, 0.15) is 0 Å². The molecule has 1 heteroatoms. The number of benzene rings is 1. The summed E-state index contributed by atoms with van der Waals surface area (Å²) in [5.41, 5.74) is 5.72. The molecule has 1 aromatic rings. The highest BCUT2D eigenvalue weighted by atomic mass is 15.0. The van der Waals surface area contributed by atoms with Crippen LogP contribution in [0.15, 0.2) is 53.3 Å². The first-order valence-electron chi connectivity index (χ1n) is 7.08. The largest absolute Gasteiger partial charge is 0.380 e. The van der Waals surface area contributed by atoms with Gasteiger partial charge in [-0.25, -0.2) is 0 Å². The van der Waals surface area contributed by atoms with Crippen LogP contribution in [-0.4, -0.2) is 5.54 Å². The summed E-state index contributed by atoms with van der Waals surface area (Å²) in [6.45, 7) is 11.1. The van der Waals surface area contributed by atoms with E-state index in [2.05, 4.69) is 76.3 Å². The van der Waals surface area contributed by atoms with Gasteiger partial charge in [-0.15, -0.1) is 0 Å². The smallest absolute Gasteiger partial charge is 0.0366 e. The average Bonchev–Trinajstić information content (AvgIpc) is 2.57. The van der Waals surface area contributed by atoms with Crippen molar-refractivity contribution in [2.24, 2.45) is 5.92 Å². The van der Waals surface area contributed by atoms with E-state index < -0.39 is 0 Å². The normalized spacial score (nSPS) is 19.6. The lowest BCUT2D eigenvalue weighted by Crippen LogP contribution is -2.35. The standard InChI is InChI=1S/C18H25N/c1-13-11-16(12-15-9-7-6-8-10-15)14(2)17(13)19-18(3,4)5/h6-11,16,19H,12H2,1-5H3. The van der Waals surface area contributed by atoms with Gasteiger partial charge in [-0.3, -0.25) is 0 Å². The van der Waals surface area contributed by atoms with Crippen molar-refractivity contribution in [3.63, 3.8) is 0 Å². The maximum atomic E-state index is 3.64. The Kier molecular flexibility index (Phi) is 3.84. The molecule has 0 heterocycles. The van der Waals surface area contributed by atoms with E-state index in [1.165, 1.54) is 22.4 Å². The molecule has 1 aromatic carbocycles. The minimum Gasteiger partial charge on any atom is -0.380 e. The first kappa shape index (κ1) is 13.9. The van der Waals surface area contributed by atoms with Crippen LogP contribution in [0.3, 0.4) is 0 Å². The van der Waals surface area contributed by atoms with Crippen LogP contribution in [0.2, 0.25) is 0 Å². The number of rotatable bonds is 3. The van der Waals surface area contributed by atoms with Gasteiger partial charge in [0.25, 0.3) is 0 Å². The quantitative estimate of drug-likeness (QED) is 0.840. The van der Waals surface area contributed by atoms with Gasteiger partial charge in [0.15, 0.2) is 0 Å². The summed E-state index contributed by atoms with van der Waals surface area (Å²) in [7, 11) is 0. The fourth-order valence-corrected chi connectivity index (χ4v) is 2.66. The average molecular weight is 255 g/mol. The van der Waals surface area contributed by atoms with Crippen LogP contribution in [0.4, 0.5) is 0 Å². The fraction of sp³-hybridized carbons (Fsp3) is 0.444. The van der Waals surface area contributed by atoms with Crippen LogP contribution >= 0.6 is 0 Å². The van der Waals surface area contributed by atoms with Crippen molar-refractivity contribution in [3.8, 4) is 0 Å². The molecule has 0 saturated carbocycles. The zero-order valence-electron chi connectivity index (χ0n) is 12.7. The van der Waals surface area contributed by atoms with Gasteiger partial charge in [0, 0.05) is 17.2 Å². The maximum Gasteiger partial charge on any atom is 0.0366 e. The highest BCUT2D eigenvalue weighted by molar-refractivity contribution is 5.43. The molecule has 19 heavy (non-hydrogen) atoms. The van der Waals surface area contributed by atoms with E-state index in [9.17, 15) is 0 Å². The fourth-order valence-electron chi connectivity index (χ4n) is 2.66. The predicted octanol–water partition coefficient (Wildman–Crippen LogP) is 4.47. The zero-order valence-corrected chi connectivity index (χ0v) is 12.7. The first-order valence-corrected chi connectivity index (χ1v) is 7.08. The van der Waals surface area contributed by atoms with Crippen molar-refractivity contribution in [2.45, 2.75) is 46.6 Å². The van der Waals surface area contributed by atoms with Crippen LogP contribution in [0, 0.1) is 5.92 Å². The predicted molar refractivity (Wildman–Crippen MR) is 83.0 cm³/mol. The molecule has 0 aromatic heterocycles. The van der Waals surface area contributed by atoms with E-state index in [0.29, 0.717) is 5.92 Å². The molecule has 0 amide bonds. The molecule has 1 atom stereocenters. The lowest BCUT2D eigenvalue weighted by molar-refractivity contribution is 0.474. The van der Waals surface area contributed by atoms with Gasteiger partial charge in [0.2, 0.25) is 0 Å². The Morgan fingerprint density at radius 3 is 2.26 bits per heavy atom. The Labute approximate surface area is 117 Å². The summed E-state index contributed by atoms with van der Waals surface area (Å²) < 4.78 is 0. The summed E-state index contributed by atoms with van der Waals surface area (Å²) in [5, 5.41) is 3.64. The summed E-state index contributed by atoms with van der Waals surface area (Å²) in [6.07, 6.45) is 3.50. The molecular weight excluding hydrogens is 230 g/mol. The van der Waals surface area contributed by atoms with Gasteiger partial charge < -0.3 is 5.32 Å². The maximum absolute atomic E-state index is 3.64. The van der Waals surface area contributed by atoms with Crippen LogP contribution in [0.25, 0.3) is 0 Å². The number of allylic oxidation sites excluding steroid dienone is 3. The second-order valence-electron chi connectivity index (χ2n) is 6.58. The van der Waals surface area contributed by atoms with Crippen molar-refractivity contribution < 1.29 is 0 Å². The molecule has 0 bridgehead atoms. The molecule has 102 valence electrons. The molecule has 1 unspecified atom stereocenters. The molecule has 1 aliphatic carbocycles. The van der Waals surface area contributed by atoms with E-state index in [0.717, 1.165) is 6.42 Å². The van der Waals surface area contributed by atoms with E-state index in [4.69, 9.17) is 0 Å². The third kappa shape index (κ3) is 3.50. The van der Waals surface area contributed by atoms with Gasteiger partial charge >= 0.3 is 0 Å². The molecule has 0 saturated heterocycles. The van der Waals surface area contributed by atoms with Crippen molar-refractivity contribution in [1.29, 1.82) is 0 Å². The van der Waals surface area contributed by atoms with Crippen LogP contribution in [-0.2, 0) is 6.42 Å². The van der Waals surface area contributed by atoms with Crippen LogP contribution in [0.1, 0.15) is 40.2 Å². The van der Waals surface area contributed by atoms with Gasteiger partial charge in [-0.1, -0.05) is 36.4 Å². The zero-order chi connectivity index (χ0) is 14.0. The molecule has 0 fully saturated rings. The van der Waals surface area contributed by atoms with Crippen molar-refractivity contribution in [3.05, 3.63) is 58.8 Å². The Bertz CT molecular complexity index is 500. The Morgan fingerprint density at radius 2 is 1.68 bits per heavy atom. The summed E-state index contributed by atoms with van der Waals surface area (Å²) >= 11 is 0. The Balaban J connectivity index is 2.17. The summed E-state index contributed by atoms with van der Waals surface area (Å²) in [4.78, 5) is 0. The number of hydrogen-bond acceptors (Lipinski definition) is 1. The Morgan fingerprint density at radius 1 is 1.05 bits per heavy atom. The number of nitrogens with one attached hydrogen (secondary N) is 1. The van der Waals surface area contributed by atoms with Gasteiger partial charge in [-0.05, 0) is 57.7 Å². The van der Waals surface area contributed by atoms with E-state index in [-0.39, 0.29) is 5.54 Å². The molecule has 0 radical (unpaired) electrons. The Hall–Kier alpha value is -1.50. The molecule has 1 aliphatic rings. The molecule has 1 N–H and O–H groups in total. The lowest BCUT2D eigenvalue weighted by Gasteiger charge is -2.25. The highest BCUT2D eigenvalue weighted by Crippen LogP contribution is 2.32. The first-order chi connectivity index (χ1) is 8.87. The van der Waals surface area contributed by atoms with Gasteiger partial charge in [0.05, 0.1) is 0 Å². The van der Waals surface area contributed by atoms with Gasteiger partial charge in [-0.2, -0.15) is 0 Å². The van der Waals surface area contributed by atoms with Crippen molar-refractivity contribution in [1.82, 2.24) is 5.32 Å². The third-order valence-corrected chi connectivity index (χ3v) is 3.59. The summed E-state index contributed by atoms with van der Waals surface area (Å²) in [6, 6.07) is 10.7. The van der Waals surface area contributed by atoms with Crippen LogP contribution < -0.4 is 5.32 Å². The molecular formula is C18H25N. The molecule has 1 nitrogen and oxygen atoms in total. The second-order valence-corrected chi connectivity index (χ2v) is 6.58. The topological polar surface area (TPSA) is 12.0 Å². The third-order valence-electron chi connectivity index (χ3n) is 3.59. The molecule has 0 aliphatic heterocycles. The van der Waals surface area contributed by atoms with E-state index in [1.54, 1.807) is 0 Å². The minimum absolute atomic E-state index is 0.118. The lowest BCUT2D eigenvalue weighted by atomic mass is 9.95. The minimum atomic E-state index is 0.118. The second kappa shape index (κ2) is 5.24. The molecule has 0 spiro atoms. The van der Waals surface area contributed by atoms with Crippen molar-refractivity contribution in [2.75, 3.05) is 0 Å².